The van der Waals surface area contributed by atoms with Crippen molar-refractivity contribution in [2.45, 2.75) is 142 Å². The van der Waals surface area contributed by atoms with E-state index in [9.17, 15) is 0 Å². The molecule has 5 rings (SSSR count). The number of benzene rings is 2. The average Bonchev–Trinajstić information content (AvgIpc) is 2.66. The van der Waals surface area contributed by atoms with Crippen molar-refractivity contribution in [3.63, 3.8) is 0 Å². The van der Waals surface area contributed by atoms with Gasteiger partial charge in [-0.15, -0.1) is 0 Å². The van der Waals surface area contributed by atoms with E-state index in [-0.39, 0.29) is 32.5 Å². The quantitative estimate of drug-likeness (QED) is 0.368. The molecule has 2 aromatic rings. The van der Waals surface area contributed by atoms with Crippen molar-refractivity contribution in [3.8, 4) is 0 Å². The summed E-state index contributed by atoms with van der Waals surface area (Å²) in [6, 6.07) is 10.5. The van der Waals surface area contributed by atoms with E-state index in [1.807, 2.05) is 0 Å². The highest BCUT2D eigenvalue weighted by Crippen LogP contribution is 2.61. The standard InChI is InChI=1S/C34H50/c1-29(2,3)21-17-25-26(18-22(21)30(4,5)6)34(14)16-15-33(25,13)27-19-23(31(7,8)9)24(20-28(27)34)32(10,11)12/h17-20H,15-16H2,1-14H3. The summed E-state index contributed by atoms with van der Waals surface area (Å²) in [4.78, 5) is 0. The zero-order valence-corrected chi connectivity index (χ0v) is 24.7. The molecule has 186 valence electrons. The highest BCUT2D eigenvalue weighted by atomic mass is 14.6. The first kappa shape index (κ1) is 25.5. The zero-order chi connectivity index (χ0) is 25.9. The zero-order valence-electron chi connectivity index (χ0n) is 24.7. The molecule has 0 heterocycles. The van der Waals surface area contributed by atoms with Crippen molar-refractivity contribution < 1.29 is 0 Å². The molecule has 2 bridgehead atoms. The fourth-order valence-corrected chi connectivity index (χ4v) is 6.84. The van der Waals surface area contributed by atoms with Crippen molar-refractivity contribution in [2.75, 3.05) is 0 Å². The van der Waals surface area contributed by atoms with Gasteiger partial charge in [0.15, 0.2) is 0 Å². The fourth-order valence-electron chi connectivity index (χ4n) is 6.84. The smallest absolute Gasteiger partial charge is 0.0181 e. The van der Waals surface area contributed by atoms with Crippen molar-refractivity contribution in [1.82, 2.24) is 0 Å². The Labute approximate surface area is 211 Å². The van der Waals surface area contributed by atoms with Gasteiger partial charge in [0.05, 0.1) is 0 Å². The molecule has 0 amide bonds. The SMILES string of the molecule is CC(C)(C)c1cc2c(cc1C(C)(C)C)C1(C)CCC2(C)c2cc(C(C)(C)C)c(C(C)(C)C)cc21. The van der Waals surface area contributed by atoms with Crippen LogP contribution >= 0.6 is 0 Å². The van der Waals surface area contributed by atoms with Crippen LogP contribution in [0, 0.1) is 0 Å². The van der Waals surface area contributed by atoms with E-state index in [0.29, 0.717) is 0 Å². The van der Waals surface area contributed by atoms with Crippen LogP contribution in [0.15, 0.2) is 24.3 Å². The molecule has 0 nitrogen and oxygen atoms in total. The Morgan fingerprint density at radius 3 is 0.735 bits per heavy atom. The van der Waals surface area contributed by atoms with E-state index in [0.717, 1.165) is 0 Å². The summed E-state index contributed by atoms with van der Waals surface area (Å²) in [7, 11) is 0. The Balaban J connectivity index is 2.12. The molecule has 0 radical (unpaired) electrons. The van der Waals surface area contributed by atoms with Crippen molar-refractivity contribution >= 4 is 0 Å². The largest absolute Gasteiger partial charge is 0.0561 e. The highest BCUT2D eigenvalue weighted by molar-refractivity contribution is 5.66. The van der Waals surface area contributed by atoms with Crippen molar-refractivity contribution in [3.05, 3.63) is 68.8 Å². The van der Waals surface area contributed by atoms with Crippen molar-refractivity contribution in [1.29, 1.82) is 0 Å². The lowest BCUT2D eigenvalue weighted by Crippen LogP contribution is -2.47. The number of hydrogen-bond donors (Lipinski definition) is 0. The lowest BCUT2D eigenvalue weighted by Gasteiger charge is -2.55. The summed E-state index contributed by atoms with van der Waals surface area (Å²) in [5, 5.41) is 0. The van der Waals surface area contributed by atoms with Crippen LogP contribution in [0.4, 0.5) is 0 Å². The van der Waals surface area contributed by atoms with E-state index < -0.39 is 0 Å². The molecule has 3 aliphatic carbocycles. The Hall–Kier alpha value is -1.56. The molecule has 0 aliphatic heterocycles. The fraction of sp³-hybridized carbons (Fsp3) is 0.647. The lowest BCUT2D eigenvalue weighted by atomic mass is 9.48. The van der Waals surface area contributed by atoms with Crippen LogP contribution in [0.25, 0.3) is 0 Å². The van der Waals surface area contributed by atoms with Gasteiger partial charge < -0.3 is 0 Å². The van der Waals surface area contributed by atoms with E-state index >= 15 is 0 Å². The van der Waals surface area contributed by atoms with E-state index in [1.54, 1.807) is 22.3 Å². The second-order valence-corrected chi connectivity index (χ2v) is 16.1. The minimum absolute atomic E-state index is 0.0786. The Morgan fingerprint density at radius 2 is 0.588 bits per heavy atom. The number of rotatable bonds is 0. The molecule has 3 aliphatic rings. The summed E-state index contributed by atoms with van der Waals surface area (Å²) >= 11 is 0. The van der Waals surface area contributed by atoms with Crippen LogP contribution in [0.5, 0.6) is 0 Å². The van der Waals surface area contributed by atoms with Crippen molar-refractivity contribution in [2.24, 2.45) is 0 Å². The minimum atomic E-state index is 0.0786. The minimum Gasteiger partial charge on any atom is -0.0561 e. The summed E-state index contributed by atoms with van der Waals surface area (Å²) in [5.41, 5.74) is 13.1. The second kappa shape index (κ2) is 7.02. The normalized spacial score (nSPS) is 24.8. The molecule has 0 saturated carbocycles. The summed E-state index contributed by atoms with van der Waals surface area (Å²) in [5.74, 6) is 0. The Morgan fingerprint density at radius 1 is 0.412 bits per heavy atom. The first-order chi connectivity index (χ1) is 15.1. The third-order valence-corrected chi connectivity index (χ3v) is 9.05. The van der Waals surface area contributed by atoms with Crippen LogP contribution in [-0.4, -0.2) is 0 Å². The van der Waals surface area contributed by atoms with Crippen LogP contribution < -0.4 is 0 Å². The second-order valence-electron chi connectivity index (χ2n) is 16.1. The topological polar surface area (TPSA) is 0 Å². The third kappa shape index (κ3) is 3.61. The molecule has 0 saturated heterocycles. The molecule has 0 atom stereocenters. The number of hydrogen-bond acceptors (Lipinski definition) is 0. The van der Waals surface area contributed by atoms with Crippen LogP contribution in [0.3, 0.4) is 0 Å². The van der Waals surface area contributed by atoms with Gasteiger partial charge in [-0.05, 0) is 79.0 Å². The van der Waals surface area contributed by atoms with Gasteiger partial charge in [0, 0.05) is 10.8 Å². The van der Waals surface area contributed by atoms with E-state index in [1.165, 1.54) is 35.1 Å². The highest BCUT2D eigenvalue weighted by Gasteiger charge is 2.53. The molecule has 0 heteroatoms. The van der Waals surface area contributed by atoms with E-state index in [2.05, 4.69) is 121 Å². The molecule has 34 heavy (non-hydrogen) atoms. The average molecular weight is 459 g/mol. The monoisotopic (exact) mass is 458 g/mol. The van der Waals surface area contributed by atoms with Gasteiger partial charge in [-0.1, -0.05) is 121 Å². The van der Waals surface area contributed by atoms with Crippen LogP contribution in [-0.2, 0) is 32.5 Å². The van der Waals surface area contributed by atoms with Gasteiger partial charge in [0.25, 0.3) is 0 Å². The Bertz CT molecular complexity index is 967. The molecule has 0 spiro atoms. The predicted octanol–water partition coefficient (Wildman–Crippen LogP) is 9.60. The summed E-state index contributed by atoms with van der Waals surface area (Å²) in [6.07, 6.45) is 2.47. The molecular formula is C34H50. The third-order valence-electron chi connectivity index (χ3n) is 9.05. The molecule has 0 unspecified atom stereocenters. The Kier molecular flexibility index (Phi) is 5.27. The first-order valence-corrected chi connectivity index (χ1v) is 13.5. The van der Waals surface area contributed by atoms with Gasteiger partial charge in [-0.2, -0.15) is 0 Å². The lowest BCUT2D eigenvalue weighted by molar-refractivity contribution is 0.322. The van der Waals surface area contributed by atoms with Gasteiger partial charge in [0.2, 0.25) is 0 Å². The van der Waals surface area contributed by atoms with Gasteiger partial charge in [0.1, 0.15) is 0 Å². The summed E-state index contributed by atoms with van der Waals surface area (Å²) < 4.78 is 0. The number of fused-ring (bicyclic) bond motifs is 1. The molecule has 0 fully saturated rings. The first-order valence-electron chi connectivity index (χ1n) is 13.5. The van der Waals surface area contributed by atoms with E-state index in [4.69, 9.17) is 0 Å². The van der Waals surface area contributed by atoms with Crippen LogP contribution in [0.1, 0.15) is 154 Å². The summed E-state index contributed by atoms with van der Waals surface area (Å²) in [6.45, 7) is 33.7. The van der Waals surface area contributed by atoms with Gasteiger partial charge >= 0.3 is 0 Å². The van der Waals surface area contributed by atoms with Crippen LogP contribution in [0.2, 0.25) is 0 Å². The maximum Gasteiger partial charge on any atom is 0.0181 e. The molecule has 0 N–H and O–H groups in total. The molecule has 0 aromatic heterocycles. The molecule has 2 aromatic carbocycles. The molecular weight excluding hydrogens is 408 g/mol. The maximum absolute atomic E-state index is 2.63. The van der Waals surface area contributed by atoms with Gasteiger partial charge in [-0.3, -0.25) is 0 Å². The maximum atomic E-state index is 2.63. The predicted molar refractivity (Wildman–Crippen MR) is 150 cm³/mol. The van der Waals surface area contributed by atoms with Gasteiger partial charge in [-0.25, -0.2) is 0 Å².